The molecule has 2 amide bonds. The van der Waals surface area contributed by atoms with Crippen LogP contribution in [-0.4, -0.2) is 56.6 Å². The molecule has 1 saturated heterocycles. The molecular weight excluding hydrogens is 454 g/mol. The Hall–Kier alpha value is -2.46. The number of sulfonamides is 1. The van der Waals surface area contributed by atoms with Gasteiger partial charge in [-0.05, 0) is 36.6 Å². The molecule has 0 saturated carbocycles. The van der Waals surface area contributed by atoms with Crippen molar-refractivity contribution >= 4 is 39.1 Å². The quantitative estimate of drug-likeness (QED) is 0.575. The molecule has 0 unspecified atom stereocenters. The number of benzene rings is 2. The summed E-state index contributed by atoms with van der Waals surface area (Å²) in [6.07, 6.45) is 2.89. The first-order valence-electron chi connectivity index (χ1n) is 10.2. The number of ether oxygens (including phenoxy) is 1. The number of amides is 2. The maximum Gasteiger partial charge on any atom is 0.253 e. The largest absolute Gasteiger partial charge is 0.376 e. The summed E-state index contributed by atoms with van der Waals surface area (Å²) in [7, 11) is -3.69. The number of carbonyl (C=O) groups is 2. The van der Waals surface area contributed by atoms with Gasteiger partial charge in [0.2, 0.25) is 15.9 Å². The van der Waals surface area contributed by atoms with Gasteiger partial charge < -0.3 is 15.4 Å². The maximum atomic E-state index is 12.7. The summed E-state index contributed by atoms with van der Waals surface area (Å²) in [6, 6.07) is 13.4. The van der Waals surface area contributed by atoms with E-state index in [1.807, 2.05) is 0 Å². The molecular formula is C22H26ClN3O5S. The van der Waals surface area contributed by atoms with Gasteiger partial charge in [-0.15, -0.1) is 0 Å². The van der Waals surface area contributed by atoms with Crippen molar-refractivity contribution in [3.05, 3.63) is 64.7 Å². The highest BCUT2D eigenvalue weighted by atomic mass is 35.5. The van der Waals surface area contributed by atoms with Crippen LogP contribution >= 0.6 is 11.6 Å². The fraction of sp³-hybridized carbons (Fsp3) is 0.364. The molecule has 1 aliphatic heterocycles. The van der Waals surface area contributed by atoms with Crippen molar-refractivity contribution in [1.82, 2.24) is 9.62 Å². The van der Waals surface area contributed by atoms with Crippen molar-refractivity contribution < 1.29 is 22.7 Å². The molecule has 2 N–H and O–H groups in total. The van der Waals surface area contributed by atoms with Crippen molar-refractivity contribution in [1.29, 1.82) is 0 Å². The summed E-state index contributed by atoms with van der Waals surface area (Å²) in [4.78, 5) is 25.3. The molecule has 0 spiro atoms. The Labute approximate surface area is 192 Å². The number of hydrogen-bond acceptors (Lipinski definition) is 5. The number of hydrogen-bond donors (Lipinski definition) is 2. The van der Waals surface area contributed by atoms with E-state index in [-0.39, 0.29) is 24.1 Å². The molecule has 2 aromatic rings. The van der Waals surface area contributed by atoms with Gasteiger partial charge in [0.05, 0.1) is 30.2 Å². The third-order valence-corrected chi connectivity index (χ3v) is 6.62. The minimum atomic E-state index is -3.69. The SMILES string of the molecule is CS(=O)(=O)N(CC(=O)Nc1ccccc1C(=O)NC[C@@H]1CCCO1)Cc1ccccc1Cl. The van der Waals surface area contributed by atoms with Crippen molar-refractivity contribution in [2.75, 3.05) is 31.3 Å². The van der Waals surface area contributed by atoms with E-state index in [4.69, 9.17) is 16.3 Å². The Balaban J connectivity index is 1.67. The summed E-state index contributed by atoms with van der Waals surface area (Å²) < 4.78 is 31.0. The number of carbonyl (C=O) groups excluding carboxylic acids is 2. The first-order chi connectivity index (χ1) is 15.2. The molecule has 2 aromatic carbocycles. The number of rotatable bonds is 9. The van der Waals surface area contributed by atoms with E-state index >= 15 is 0 Å². The summed E-state index contributed by atoms with van der Waals surface area (Å²) in [5.74, 6) is -0.908. The molecule has 1 aliphatic rings. The van der Waals surface area contributed by atoms with Gasteiger partial charge in [-0.3, -0.25) is 9.59 Å². The van der Waals surface area contributed by atoms with Crippen molar-refractivity contribution in [2.45, 2.75) is 25.5 Å². The van der Waals surface area contributed by atoms with E-state index in [0.29, 0.717) is 29.4 Å². The number of nitrogens with one attached hydrogen (secondary N) is 2. The molecule has 3 rings (SSSR count). The average molecular weight is 480 g/mol. The van der Waals surface area contributed by atoms with Gasteiger partial charge in [0.15, 0.2) is 0 Å². The number of nitrogens with zero attached hydrogens (tertiary/aromatic N) is 1. The van der Waals surface area contributed by atoms with Gasteiger partial charge in [0.1, 0.15) is 0 Å². The van der Waals surface area contributed by atoms with Gasteiger partial charge >= 0.3 is 0 Å². The first-order valence-corrected chi connectivity index (χ1v) is 12.4. The molecule has 0 aliphatic carbocycles. The number of anilines is 1. The van der Waals surface area contributed by atoms with E-state index < -0.39 is 22.5 Å². The van der Waals surface area contributed by atoms with Crippen LogP contribution in [0.4, 0.5) is 5.69 Å². The van der Waals surface area contributed by atoms with Crippen LogP contribution in [0, 0.1) is 0 Å². The van der Waals surface area contributed by atoms with Gasteiger partial charge in [0, 0.05) is 24.7 Å². The molecule has 0 bridgehead atoms. The first kappa shape index (κ1) is 24.2. The third kappa shape index (κ3) is 6.77. The Morgan fingerprint density at radius 1 is 1.16 bits per heavy atom. The highest BCUT2D eigenvalue weighted by Gasteiger charge is 2.23. The monoisotopic (exact) mass is 479 g/mol. The highest BCUT2D eigenvalue weighted by molar-refractivity contribution is 7.88. The Morgan fingerprint density at radius 3 is 2.56 bits per heavy atom. The van der Waals surface area contributed by atoms with Crippen LogP contribution in [0.3, 0.4) is 0 Å². The molecule has 1 fully saturated rings. The second-order valence-corrected chi connectivity index (χ2v) is 9.95. The summed E-state index contributed by atoms with van der Waals surface area (Å²) in [5.41, 5.74) is 1.17. The van der Waals surface area contributed by atoms with E-state index in [2.05, 4.69) is 10.6 Å². The highest BCUT2D eigenvalue weighted by Crippen LogP contribution is 2.19. The lowest BCUT2D eigenvalue weighted by atomic mass is 10.1. The van der Waals surface area contributed by atoms with Crippen LogP contribution in [0.15, 0.2) is 48.5 Å². The maximum absolute atomic E-state index is 12.7. The van der Waals surface area contributed by atoms with Crippen molar-refractivity contribution in [3.63, 3.8) is 0 Å². The fourth-order valence-electron chi connectivity index (χ4n) is 3.35. The second-order valence-electron chi connectivity index (χ2n) is 7.56. The van der Waals surface area contributed by atoms with Crippen molar-refractivity contribution in [3.8, 4) is 0 Å². The molecule has 172 valence electrons. The van der Waals surface area contributed by atoms with Crippen LogP contribution in [0.5, 0.6) is 0 Å². The molecule has 1 heterocycles. The number of para-hydroxylation sites is 1. The predicted molar refractivity (Wildman–Crippen MR) is 123 cm³/mol. The Kier molecular flexibility index (Phi) is 8.25. The zero-order valence-corrected chi connectivity index (χ0v) is 19.3. The van der Waals surface area contributed by atoms with E-state index in [1.54, 1.807) is 48.5 Å². The minimum Gasteiger partial charge on any atom is -0.376 e. The van der Waals surface area contributed by atoms with Gasteiger partial charge in [-0.2, -0.15) is 4.31 Å². The summed E-state index contributed by atoms with van der Waals surface area (Å²) in [5, 5.41) is 5.89. The molecule has 10 heteroatoms. The van der Waals surface area contributed by atoms with E-state index in [9.17, 15) is 18.0 Å². The molecule has 0 aromatic heterocycles. The normalized spacial score (nSPS) is 16.2. The van der Waals surface area contributed by atoms with Gasteiger partial charge in [-0.1, -0.05) is 41.9 Å². The van der Waals surface area contributed by atoms with Gasteiger partial charge in [-0.25, -0.2) is 8.42 Å². The molecule has 32 heavy (non-hydrogen) atoms. The van der Waals surface area contributed by atoms with Crippen molar-refractivity contribution in [2.24, 2.45) is 0 Å². The standard InChI is InChI=1S/C22H26ClN3O5S/c1-32(29,30)26(14-16-7-2-4-10-19(16)23)15-21(27)25-20-11-5-3-9-18(20)22(28)24-13-17-8-6-12-31-17/h2-5,7,9-11,17H,6,8,12-15H2,1H3,(H,24,28)(H,25,27)/t17-/m0/s1. The zero-order chi connectivity index (χ0) is 23.1. The summed E-state index contributed by atoms with van der Waals surface area (Å²) in [6.45, 7) is 0.615. The lowest BCUT2D eigenvalue weighted by molar-refractivity contribution is -0.116. The minimum absolute atomic E-state index is 0.00571. The molecule has 1 atom stereocenters. The lowest BCUT2D eigenvalue weighted by Gasteiger charge is -2.20. The third-order valence-electron chi connectivity index (χ3n) is 5.05. The van der Waals surface area contributed by atoms with Crippen LogP contribution in [0.1, 0.15) is 28.8 Å². The topological polar surface area (TPSA) is 105 Å². The van der Waals surface area contributed by atoms with E-state index in [1.165, 1.54) is 0 Å². The van der Waals surface area contributed by atoms with Crippen LogP contribution in [-0.2, 0) is 26.1 Å². The lowest BCUT2D eigenvalue weighted by Crippen LogP contribution is -2.37. The molecule has 8 nitrogen and oxygen atoms in total. The van der Waals surface area contributed by atoms with E-state index in [0.717, 1.165) is 23.4 Å². The van der Waals surface area contributed by atoms with Crippen LogP contribution in [0.2, 0.25) is 5.02 Å². The zero-order valence-electron chi connectivity index (χ0n) is 17.7. The van der Waals surface area contributed by atoms with Gasteiger partial charge in [0.25, 0.3) is 5.91 Å². The molecule has 0 radical (unpaired) electrons. The Bertz CT molecular complexity index is 1070. The van der Waals surface area contributed by atoms with Crippen LogP contribution < -0.4 is 10.6 Å². The second kappa shape index (κ2) is 10.9. The Morgan fingerprint density at radius 2 is 1.88 bits per heavy atom. The van der Waals surface area contributed by atoms with Crippen LogP contribution in [0.25, 0.3) is 0 Å². The average Bonchev–Trinajstić information content (AvgIpc) is 3.26. The fourth-order valence-corrected chi connectivity index (χ4v) is 4.27. The predicted octanol–water partition coefficient (Wildman–Crippen LogP) is 2.65. The number of halogens is 1. The smallest absolute Gasteiger partial charge is 0.253 e. The summed E-state index contributed by atoms with van der Waals surface area (Å²) >= 11 is 6.14.